The fraction of sp³-hybridized carbons (Fsp3) is 0.571. The van der Waals surface area contributed by atoms with Crippen molar-refractivity contribution in [2.45, 2.75) is 39.3 Å². The number of ether oxygens (including phenoxy) is 1. The van der Waals surface area contributed by atoms with Gasteiger partial charge in [0.25, 0.3) is 0 Å². The van der Waals surface area contributed by atoms with Crippen LogP contribution in [-0.4, -0.2) is 29.6 Å². The van der Waals surface area contributed by atoms with Crippen LogP contribution in [0.2, 0.25) is 0 Å². The quantitative estimate of drug-likeness (QED) is 0.778. The van der Waals surface area contributed by atoms with Gasteiger partial charge in [-0.05, 0) is 38.8 Å². The first-order chi connectivity index (χ1) is 9.03. The molecule has 5 nitrogen and oxygen atoms in total. The van der Waals surface area contributed by atoms with Crippen molar-refractivity contribution in [1.29, 1.82) is 0 Å². The van der Waals surface area contributed by atoms with E-state index in [1.165, 1.54) is 0 Å². The van der Waals surface area contributed by atoms with Gasteiger partial charge in [0, 0.05) is 31.9 Å². The normalized spacial score (nSPS) is 14.7. The van der Waals surface area contributed by atoms with E-state index in [-0.39, 0.29) is 29.6 Å². The predicted octanol–water partition coefficient (Wildman–Crippen LogP) is 2.32. The van der Waals surface area contributed by atoms with Crippen LogP contribution in [0.3, 0.4) is 0 Å². The lowest BCUT2D eigenvalue weighted by atomic mass is 10.2. The van der Waals surface area contributed by atoms with Crippen LogP contribution in [0.15, 0.2) is 23.3 Å². The van der Waals surface area contributed by atoms with Crippen molar-refractivity contribution in [3.63, 3.8) is 0 Å². The molecule has 0 amide bonds. The highest BCUT2D eigenvalue weighted by Gasteiger charge is 2.12. The number of pyridine rings is 1. The van der Waals surface area contributed by atoms with E-state index in [4.69, 9.17) is 4.74 Å². The van der Waals surface area contributed by atoms with Crippen molar-refractivity contribution in [2.75, 3.05) is 13.1 Å². The number of aromatic nitrogens is 1. The van der Waals surface area contributed by atoms with E-state index in [1.54, 1.807) is 6.20 Å². The minimum absolute atomic E-state index is 0. The van der Waals surface area contributed by atoms with Crippen molar-refractivity contribution in [1.82, 2.24) is 15.6 Å². The second-order valence-corrected chi connectivity index (χ2v) is 5.58. The highest BCUT2D eigenvalue weighted by atomic mass is 127. The van der Waals surface area contributed by atoms with Gasteiger partial charge in [-0.2, -0.15) is 0 Å². The molecule has 0 aromatic carbocycles. The minimum Gasteiger partial charge on any atom is -0.472 e. The number of hydrogen-bond donors (Lipinski definition) is 2. The van der Waals surface area contributed by atoms with Gasteiger partial charge < -0.3 is 15.4 Å². The molecule has 2 rings (SSSR count). The molecule has 2 heterocycles. The van der Waals surface area contributed by atoms with Gasteiger partial charge in [0.15, 0.2) is 5.96 Å². The Kier molecular flexibility index (Phi) is 6.51. The van der Waals surface area contributed by atoms with Gasteiger partial charge in [0.2, 0.25) is 5.88 Å². The van der Waals surface area contributed by atoms with Gasteiger partial charge in [-0.25, -0.2) is 4.98 Å². The third-order valence-corrected chi connectivity index (χ3v) is 2.57. The summed E-state index contributed by atoms with van der Waals surface area (Å²) in [6.07, 6.45) is 2.87. The van der Waals surface area contributed by atoms with Crippen molar-refractivity contribution in [3.8, 4) is 5.88 Å². The molecule has 0 radical (unpaired) electrons. The zero-order valence-electron chi connectivity index (χ0n) is 12.3. The molecule has 0 spiro atoms. The maximum atomic E-state index is 5.75. The second-order valence-electron chi connectivity index (χ2n) is 5.58. The molecule has 0 saturated heterocycles. The van der Waals surface area contributed by atoms with Gasteiger partial charge in [0.05, 0.1) is 0 Å². The van der Waals surface area contributed by atoms with E-state index in [0.29, 0.717) is 5.88 Å². The molecule has 6 heteroatoms. The van der Waals surface area contributed by atoms with Crippen molar-refractivity contribution in [2.24, 2.45) is 4.99 Å². The molecule has 1 aromatic heterocycles. The van der Waals surface area contributed by atoms with Gasteiger partial charge in [0.1, 0.15) is 5.60 Å². The molecule has 0 aliphatic carbocycles. The summed E-state index contributed by atoms with van der Waals surface area (Å²) in [7, 11) is 0. The third kappa shape index (κ3) is 5.94. The fourth-order valence-electron chi connectivity index (χ4n) is 1.77. The van der Waals surface area contributed by atoms with Crippen LogP contribution in [0, 0.1) is 0 Å². The first-order valence-electron chi connectivity index (χ1n) is 6.69. The van der Waals surface area contributed by atoms with Gasteiger partial charge in [-0.15, -0.1) is 24.0 Å². The molecule has 2 N–H and O–H groups in total. The molecule has 0 fully saturated rings. The first kappa shape index (κ1) is 17.0. The summed E-state index contributed by atoms with van der Waals surface area (Å²) >= 11 is 0. The van der Waals surface area contributed by atoms with E-state index in [1.807, 2.05) is 32.9 Å². The average Bonchev–Trinajstić information content (AvgIpc) is 2.36. The molecule has 1 aliphatic heterocycles. The van der Waals surface area contributed by atoms with Crippen LogP contribution < -0.4 is 15.4 Å². The Hall–Kier alpha value is -1.05. The van der Waals surface area contributed by atoms with Crippen LogP contribution in [0.5, 0.6) is 5.88 Å². The van der Waals surface area contributed by atoms with Crippen LogP contribution in [0.1, 0.15) is 32.8 Å². The van der Waals surface area contributed by atoms with E-state index in [9.17, 15) is 0 Å². The lowest BCUT2D eigenvalue weighted by Crippen LogP contribution is -2.40. The SMILES string of the molecule is CC(C)(C)Oc1cc(CNC2=NCCCN2)ccn1.I. The Bertz CT molecular complexity index is 457. The molecule has 0 saturated carbocycles. The fourth-order valence-corrected chi connectivity index (χ4v) is 1.77. The maximum absolute atomic E-state index is 5.75. The molecule has 20 heavy (non-hydrogen) atoms. The molecule has 1 aromatic rings. The Labute approximate surface area is 137 Å². The molecule has 1 aliphatic rings. The van der Waals surface area contributed by atoms with E-state index in [0.717, 1.165) is 37.6 Å². The number of nitrogens with one attached hydrogen (secondary N) is 2. The Morgan fingerprint density at radius 3 is 2.85 bits per heavy atom. The minimum atomic E-state index is -0.228. The molecule has 112 valence electrons. The summed E-state index contributed by atoms with van der Waals surface area (Å²) in [5.74, 6) is 1.53. The largest absolute Gasteiger partial charge is 0.472 e. The van der Waals surface area contributed by atoms with E-state index in [2.05, 4.69) is 20.6 Å². The highest BCUT2D eigenvalue weighted by Crippen LogP contribution is 2.16. The summed E-state index contributed by atoms with van der Waals surface area (Å²) in [4.78, 5) is 8.60. The first-order valence-corrected chi connectivity index (χ1v) is 6.69. The Morgan fingerprint density at radius 1 is 1.40 bits per heavy atom. The monoisotopic (exact) mass is 390 g/mol. The number of guanidine groups is 1. The molecule has 0 unspecified atom stereocenters. The zero-order valence-corrected chi connectivity index (χ0v) is 14.6. The summed E-state index contributed by atoms with van der Waals surface area (Å²) in [6, 6.07) is 3.94. The highest BCUT2D eigenvalue weighted by molar-refractivity contribution is 14.0. The molecule has 0 bridgehead atoms. The summed E-state index contributed by atoms with van der Waals surface area (Å²) in [5.41, 5.74) is 0.901. The van der Waals surface area contributed by atoms with Crippen LogP contribution in [0.4, 0.5) is 0 Å². The Balaban J connectivity index is 0.00000200. The molecular formula is C14H23IN4O. The zero-order chi connectivity index (χ0) is 13.7. The lowest BCUT2D eigenvalue weighted by Gasteiger charge is -2.20. The summed E-state index contributed by atoms with van der Waals surface area (Å²) in [5, 5.41) is 6.52. The maximum Gasteiger partial charge on any atom is 0.214 e. The predicted molar refractivity (Wildman–Crippen MR) is 91.8 cm³/mol. The van der Waals surface area contributed by atoms with Crippen LogP contribution in [0.25, 0.3) is 0 Å². The number of halogens is 1. The molecular weight excluding hydrogens is 367 g/mol. The average molecular weight is 390 g/mol. The van der Waals surface area contributed by atoms with Gasteiger partial charge >= 0.3 is 0 Å². The topological polar surface area (TPSA) is 58.5 Å². The van der Waals surface area contributed by atoms with E-state index >= 15 is 0 Å². The summed E-state index contributed by atoms with van der Waals surface area (Å²) < 4.78 is 5.75. The number of rotatable bonds is 3. The van der Waals surface area contributed by atoms with Crippen molar-refractivity contribution in [3.05, 3.63) is 23.9 Å². The van der Waals surface area contributed by atoms with Crippen molar-refractivity contribution < 1.29 is 4.74 Å². The number of aliphatic imine (C=N–C) groups is 1. The molecule has 0 atom stereocenters. The Morgan fingerprint density at radius 2 is 2.20 bits per heavy atom. The second kappa shape index (κ2) is 7.66. The standard InChI is InChI=1S/C14H22N4O.HI/c1-14(2,3)19-12-9-11(5-8-15-12)10-18-13-16-6-4-7-17-13;/h5,8-9H,4,6-7,10H2,1-3H3,(H2,16,17,18);1H. The number of nitrogens with zero attached hydrogens (tertiary/aromatic N) is 2. The van der Waals surface area contributed by atoms with Gasteiger partial charge in [-0.3, -0.25) is 4.99 Å². The third-order valence-electron chi connectivity index (χ3n) is 2.57. The van der Waals surface area contributed by atoms with Crippen LogP contribution >= 0.6 is 24.0 Å². The number of hydrogen-bond acceptors (Lipinski definition) is 5. The van der Waals surface area contributed by atoms with E-state index < -0.39 is 0 Å². The van der Waals surface area contributed by atoms with Crippen molar-refractivity contribution >= 4 is 29.9 Å². The van der Waals surface area contributed by atoms with Gasteiger partial charge in [-0.1, -0.05) is 0 Å². The smallest absolute Gasteiger partial charge is 0.214 e. The van der Waals surface area contributed by atoms with Crippen LogP contribution in [-0.2, 0) is 6.54 Å². The summed E-state index contributed by atoms with van der Waals surface area (Å²) in [6.45, 7) is 8.64. The lowest BCUT2D eigenvalue weighted by molar-refractivity contribution is 0.124.